The summed E-state index contributed by atoms with van der Waals surface area (Å²) in [5.74, 6) is 2.33. The second-order valence-corrected chi connectivity index (χ2v) is 4.10. The lowest BCUT2D eigenvalue weighted by atomic mass is 10.3. The van der Waals surface area contributed by atoms with Crippen LogP contribution in [0.15, 0.2) is 36.7 Å². The first-order chi connectivity index (χ1) is 10.3. The van der Waals surface area contributed by atoms with Gasteiger partial charge >= 0.3 is 0 Å². The first kappa shape index (κ1) is 14.9. The zero-order valence-corrected chi connectivity index (χ0v) is 12.2. The van der Waals surface area contributed by atoms with Crippen LogP contribution >= 0.6 is 0 Å². The topological polar surface area (TPSA) is 65.5 Å². The minimum Gasteiger partial charge on any atom is -0.490 e. The molecule has 0 saturated heterocycles. The standard InChI is InChI=1S/C15H19N3O3/c1-3-16-14-13(19-2)15(18-11-17-14)21-10-9-20-12-7-5-4-6-8-12/h4-8,11H,3,9-10H2,1-2H3,(H,16,17,18). The second kappa shape index (κ2) is 7.94. The summed E-state index contributed by atoms with van der Waals surface area (Å²) in [5, 5.41) is 3.10. The summed E-state index contributed by atoms with van der Waals surface area (Å²) in [6.45, 7) is 3.52. The number of aromatic nitrogens is 2. The minimum atomic E-state index is 0.369. The van der Waals surface area contributed by atoms with Crippen LogP contribution in [0.1, 0.15) is 6.92 Å². The Morgan fingerprint density at radius 1 is 1.05 bits per heavy atom. The largest absolute Gasteiger partial charge is 0.490 e. The third kappa shape index (κ3) is 4.24. The Labute approximate surface area is 124 Å². The molecule has 21 heavy (non-hydrogen) atoms. The Bertz CT molecular complexity index is 549. The molecule has 1 aromatic heterocycles. The predicted molar refractivity (Wildman–Crippen MR) is 80.2 cm³/mol. The maximum Gasteiger partial charge on any atom is 0.262 e. The van der Waals surface area contributed by atoms with Crippen molar-refractivity contribution in [3.05, 3.63) is 36.7 Å². The first-order valence-corrected chi connectivity index (χ1v) is 6.78. The van der Waals surface area contributed by atoms with Crippen molar-refractivity contribution in [2.24, 2.45) is 0 Å². The van der Waals surface area contributed by atoms with Gasteiger partial charge in [-0.05, 0) is 19.1 Å². The summed E-state index contributed by atoms with van der Waals surface area (Å²) in [7, 11) is 1.56. The molecule has 0 fully saturated rings. The Morgan fingerprint density at radius 3 is 2.52 bits per heavy atom. The van der Waals surface area contributed by atoms with E-state index in [0.29, 0.717) is 30.7 Å². The lowest BCUT2D eigenvalue weighted by molar-refractivity contribution is 0.205. The van der Waals surface area contributed by atoms with Crippen molar-refractivity contribution >= 4 is 5.82 Å². The Hall–Kier alpha value is -2.50. The average molecular weight is 289 g/mol. The van der Waals surface area contributed by atoms with E-state index in [1.165, 1.54) is 6.33 Å². The molecule has 0 unspecified atom stereocenters. The molecular weight excluding hydrogens is 270 g/mol. The number of nitrogens with one attached hydrogen (secondary N) is 1. The molecule has 0 radical (unpaired) electrons. The molecule has 0 aliphatic carbocycles. The molecule has 1 aromatic carbocycles. The highest BCUT2D eigenvalue weighted by molar-refractivity contribution is 5.54. The van der Waals surface area contributed by atoms with Gasteiger partial charge in [-0.25, -0.2) is 4.98 Å². The van der Waals surface area contributed by atoms with E-state index in [1.54, 1.807) is 7.11 Å². The van der Waals surface area contributed by atoms with E-state index in [2.05, 4.69) is 15.3 Å². The predicted octanol–water partition coefficient (Wildman–Crippen LogP) is 2.37. The van der Waals surface area contributed by atoms with Gasteiger partial charge in [-0.1, -0.05) is 18.2 Å². The van der Waals surface area contributed by atoms with Crippen molar-refractivity contribution in [1.82, 2.24) is 9.97 Å². The summed E-state index contributed by atoms with van der Waals surface area (Å²) < 4.78 is 16.4. The third-order valence-electron chi connectivity index (χ3n) is 2.65. The van der Waals surface area contributed by atoms with E-state index < -0.39 is 0 Å². The van der Waals surface area contributed by atoms with E-state index in [0.717, 1.165) is 12.3 Å². The van der Waals surface area contributed by atoms with Crippen LogP contribution in [-0.2, 0) is 0 Å². The molecule has 6 nitrogen and oxygen atoms in total. The summed E-state index contributed by atoms with van der Waals surface area (Å²) in [6, 6.07) is 9.58. The number of para-hydroxylation sites is 1. The Kier molecular flexibility index (Phi) is 5.63. The SMILES string of the molecule is CCNc1ncnc(OCCOc2ccccc2)c1OC. The van der Waals surface area contributed by atoms with Crippen LogP contribution in [0.3, 0.4) is 0 Å². The minimum absolute atomic E-state index is 0.369. The number of hydrogen-bond acceptors (Lipinski definition) is 6. The van der Waals surface area contributed by atoms with Crippen LogP contribution in [-0.4, -0.2) is 36.8 Å². The fourth-order valence-corrected chi connectivity index (χ4v) is 1.75. The lowest BCUT2D eigenvalue weighted by Gasteiger charge is -2.13. The smallest absolute Gasteiger partial charge is 0.262 e. The quantitative estimate of drug-likeness (QED) is 0.753. The van der Waals surface area contributed by atoms with E-state index in [4.69, 9.17) is 14.2 Å². The molecule has 1 N–H and O–H groups in total. The van der Waals surface area contributed by atoms with Crippen LogP contribution in [0, 0.1) is 0 Å². The molecule has 6 heteroatoms. The fraction of sp³-hybridized carbons (Fsp3) is 0.333. The molecule has 0 saturated carbocycles. The van der Waals surface area contributed by atoms with Crippen LogP contribution in [0.25, 0.3) is 0 Å². The third-order valence-corrected chi connectivity index (χ3v) is 2.65. The number of anilines is 1. The van der Waals surface area contributed by atoms with Gasteiger partial charge in [-0.15, -0.1) is 0 Å². The molecule has 2 aromatic rings. The molecule has 2 rings (SSSR count). The highest BCUT2D eigenvalue weighted by Gasteiger charge is 2.12. The highest BCUT2D eigenvalue weighted by Crippen LogP contribution is 2.30. The van der Waals surface area contributed by atoms with Crippen LogP contribution in [0.5, 0.6) is 17.4 Å². The van der Waals surface area contributed by atoms with E-state index >= 15 is 0 Å². The molecular formula is C15H19N3O3. The van der Waals surface area contributed by atoms with Crippen molar-refractivity contribution in [1.29, 1.82) is 0 Å². The fourth-order valence-electron chi connectivity index (χ4n) is 1.75. The van der Waals surface area contributed by atoms with Gasteiger partial charge in [0.2, 0.25) is 5.75 Å². The van der Waals surface area contributed by atoms with Crippen molar-refractivity contribution in [2.45, 2.75) is 6.92 Å². The number of hydrogen-bond donors (Lipinski definition) is 1. The zero-order chi connectivity index (χ0) is 14.9. The van der Waals surface area contributed by atoms with E-state index in [-0.39, 0.29) is 0 Å². The van der Waals surface area contributed by atoms with Crippen LogP contribution < -0.4 is 19.5 Å². The average Bonchev–Trinajstić information content (AvgIpc) is 2.53. The number of nitrogens with zero attached hydrogens (tertiary/aromatic N) is 2. The Balaban J connectivity index is 1.89. The maximum atomic E-state index is 5.60. The lowest BCUT2D eigenvalue weighted by Crippen LogP contribution is -2.11. The van der Waals surface area contributed by atoms with Crippen LogP contribution in [0.4, 0.5) is 5.82 Å². The molecule has 0 amide bonds. The van der Waals surface area contributed by atoms with Crippen LogP contribution in [0.2, 0.25) is 0 Å². The number of benzene rings is 1. The monoisotopic (exact) mass is 289 g/mol. The van der Waals surface area contributed by atoms with Gasteiger partial charge in [-0.3, -0.25) is 0 Å². The van der Waals surface area contributed by atoms with Crippen molar-refractivity contribution in [2.75, 3.05) is 32.2 Å². The van der Waals surface area contributed by atoms with Crippen molar-refractivity contribution in [3.8, 4) is 17.4 Å². The first-order valence-electron chi connectivity index (χ1n) is 6.78. The van der Waals surface area contributed by atoms with Crippen molar-refractivity contribution < 1.29 is 14.2 Å². The normalized spacial score (nSPS) is 10.0. The zero-order valence-electron chi connectivity index (χ0n) is 12.2. The van der Waals surface area contributed by atoms with Gasteiger partial charge < -0.3 is 19.5 Å². The molecule has 112 valence electrons. The van der Waals surface area contributed by atoms with Gasteiger partial charge in [0.05, 0.1) is 7.11 Å². The molecule has 0 spiro atoms. The number of methoxy groups -OCH3 is 1. The summed E-state index contributed by atoms with van der Waals surface area (Å²) in [4.78, 5) is 8.20. The summed E-state index contributed by atoms with van der Waals surface area (Å²) in [5.41, 5.74) is 0. The van der Waals surface area contributed by atoms with Crippen molar-refractivity contribution in [3.63, 3.8) is 0 Å². The van der Waals surface area contributed by atoms with Gasteiger partial charge in [0, 0.05) is 6.54 Å². The Morgan fingerprint density at radius 2 is 1.81 bits per heavy atom. The summed E-state index contributed by atoms with van der Waals surface area (Å²) in [6.07, 6.45) is 1.44. The molecule has 0 aliphatic rings. The van der Waals surface area contributed by atoms with Gasteiger partial charge in [-0.2, -0.15) is 4.98 Å². The maximum absolute atomic E-state index is 5.60. The highest BCUT2D eigenvalue weighted by atomic mass is 16.5. The van der Waals surface area contributed by atoms with Gasteiger partial charge in [0.25, 0.3) is 5.88 Å². The molecule has 1 heterocycles. The molecule has 0 atom stereocenters. The van der Waals surface area contributed by atoms with Gasteiger partial charge in [0.1, 0.15) is 25.3 Å². The second-order valence-electron chi connectivity index (χ2n) is 4.10. The number of ether oxygens (including phenoxy) is 3. The molecule has 0 bridgehead atoms. The number of rotatable bonds is 8. The summed E-state index contributed by atoms with van der Waals surface area (Å²) >= 11 is 0. The van der Waals surface area contributed by atoms with Gasteiger partial charge in [0.15, 0.2) is 5.82 Å². The van der Waals surface area contributed by atoms with E-state index in [9.17, 15) is 0 Å². The van der Waals surface area contributed by atoms with E-state index in [1.807, 2.05) is 37.3 Å². The molecule has 0 aliphatic heterocycles.